The standard InChI is InChI=1S/C41H44N4O13S/c1-26(46)56-25-31(28-17-19-29(54-5)20-18-28)44-36(37(47)42-24-27-12-7-6-8-13-27)41(21-23-55-39(49)58-40(2,3)4)34(38(44)48)35-32(57-41)15-11-22-43(35)59(52,53)33-16-10-9-14-30(33)45(50)51/h6-21,23,31-32,34-36H,22,24-25H2,1-5H3,(H,42,47)/b23-21-/t31-,32-,34+,35+,36-,41+/m0/s1. The Hall–Kier alpha value is -6.11. The normalized spacial score (nSPS) is 23.3. The number of methoxy groups -OCH3 is 1. The van der Waals surface area contributed by atoms with E-state index in [1.165, 1.54) is 43.2 Å². The van der Waals surface area contributed by atoms with Gasteiger partial charge in [0, 0.05) is 26.1 Å². The van der Waals surface area contributed by atoms with Gasteiger partial charge < -0.3 is 33.9 Å². The highest BCUT2D eigenvalue weighted by molar-refractivity contribution is 7.89. The van der Waals surface area contributed by atoms with Crippen molar-refractivity contribution in [3.63, 3.8) is 0 Å². The van der Waals surface area contributed by atoms with Crippen molar-refractivity contribution in [2.24, 2.45) is 5.92 Å². The summed E-state index contributed by atoms with van der Waals surface area (Å²) in [5, 5.41) is 15.0. The van der Waals surface area contributed by atoms with Crippen LogP contribution in [0.3, 0.4) is 0 Å². The molecule has 0 radical (unpaired) electrons. The Kier molecular flexibility index (Phi) is 12.2. The van der Waals surface area contributed by atoms with Crippen molar-refractivity contribution in [2.45, 2.75) is 74.6 Å². The molecule has 312 valence electrons. The highest BCUT2D eigenvalue weighted by Gasteiger charge is 2.72. The van der Waals surface area contributed by atoms with Gasteiger partial charge in [-0.25, -0.2) is 13.2 Å². The highest BCUT2D eigenvalue weighted by atomic mass is 32.2. The average Bonchev–Trinajstić information content (AvgIpc) is 3.65. The van der Waals surface area contributed by atoms with Gasteiger partial charge in [0.25, 0.3) is 15.7 Å². The predicted molar refractivity (Wildman–Crippen MR) is 209 cm³/mol. The van der Waals surface area contributed by atoms with E-state index in [0.29, 0.717) is 16.9 Å². The van der Waals surface area contributed by atoms with Crippen LogP contribution in [0, 0.1) is 16.0 Å². The summed E-state index contributed by atoms with van der Waals surface area (Å²) >= 11 is 0. The molecule has 2 saturated heterocycles. The first kappa shape index (κ1) is 42.5. The van der Waals surface area contributed by atoms with Crippen LogP contribution < -0.4 is 10.1 Å². The van der Waals surface area contributed by atoms with E-state index in [-0.39, 0.29) is 13.1 Å². The van der Waals surface area contributed by atoms with Gasteiger partial charge >= 0.3 is 12.1 Å². The van der Waals surface area contributed by atoms with E-state index < -0.39 is 97.4 Å². The molecule has 0 unspecified atom stereocenters. The molecule has 3 aliphatic rings. The number of fused-ring (bicyclic) bond motifs is 3. The fraction of sp³-hybridized carbons (Fsp3) is 0.366. The predicted octanol–water partition coefficient (Wildman–Crippen LogP) is 4.58. The van der Waals surface area contributed by atoms with Crippen molar-refractivity contribution in [3.05, 3.63) is 125 Å². The van der Waals surface area contributed by atoms with Crippen LogP contribution in [0.1, 0.15) is 44.9 Å². The number of nitrogens with zero attached hydrogens (tertiary/aromatic N) is 3. The Bertz CT molecular complexity index is 2260. The van der Waals surface area contributed by atoms with Gasteiger partial charge in [-0.1, -0.05) is 66.7 Å². The maximum absolute atomic E-state index is 15.5. The molecule has 0 saturated carbocycles. The number of sulfonamides is 1. The molecule has 0 spiro atoms. The third-order valence-corrected chi connectivity index (χ3v) is 12.0. The van der Waals surface area contributed by atoms with Crippen LogP contribution in [0.25, 0.3) is 0 Å². The maximum atomic E-state index is 15.5. The van der Waals surface area contributed by atoms with Crippen molar-refractivity contribution < 1.29 is 56.2 Å². The SMILES string of the molecule is COc1ccc([C@H](COC(C)=O)N2C(=O)[C@H]3[C@H]4[C@H](C=CCN4S(=O)(=O)c4ccccc4[N+](=O)[O-])O[C@@]3(/C=C\OC(=O)OC(C)(C)C)[C@@H]2C(=O)NCc2ccccc2)cc1. The largest absolute Gasteiger partial charge is 0.513 e. The average molecular weight is 833 g/mol. The van der Waals surface area contributed by atoms with Crippen LogP contribution in [0.15, 0.2) is 108 Å². The molecule has 3 aliphatic heterocycles. The van der Waals surface area contributed by atoms with Gasteiger partial charge in [0.2, 0.25) is 11.8 Å². The Balaban J connectivity index is 1.55. The number of carbonyl (C=O) groups is 4. The second-order valence-corrected chi connectivity index (χ2v) is 16.8. The van der Waals surface area contributed by atoms with Crippen LogP contribution in [-0.2, 0) is 49.9 Å². The summed E-state index contributed by atoms with van der Waals surface area (Å²) in [5.74, 6) is -3.30. The van der Waals surface area contributed by atoms with E-state index in [9.17, 15) is 32.9 Å². The number of esters is 1. The Labute approximate surface area is 340 Å². The molecule has 1 N–H and O–H groups in total. The molecule has 3 aromatic carbocycles. The number of nitro benzene ring substituents is 1. The third kappa shape index (κ3) is 8.69. The van der Waals surface area contributed by atoms with Gasteiger partial charge in [-0.3, -0.25) is 24.5 Å². The van der Waals surface area contributed by atoms with Crippen LogP contribution >= 0.6 is 0 Å². The smallest absolute Gasteiger partial charge is 0.497 e. The first-order chi connectivity index (χ1) is 28.0. The summed E-state index contributed by atoms with van der Waals surface area (Å²) in [6, 6.07) is 16.0. The lowest BCUT2D eigenvalue weighted by Crippen LogP contribution is -2.56. The molecule has 59 heavy (non-hydrogen) atoms. The van der Waals surface area contributed by atoms with Crippen molar-refractivity contribution in [1.29, 1.82) is 0 Å². The van der Waals surface area contributed by atoms with Crippen LogP contribution in [0.4, 0.5) is 10.5 Å². The number of nitro groups is 1. The Morgan fingerprint density at radius 2 is 1.73 bits per heavy atom. The number of nitrogens with one attached hydrogen (secondary N) is 1. The molecular weight excluding hydrogens is 789 g/mol. The minimum Gasteiger partial charge on any atom is -0.497 e. The van der Waals surface area contributed by atoms with Crippen molar-refractivity contribution in [1.82, 2.24) is 14.5 Å². The zero-order valence-electron chi connectivity index (χ0n) is 32.9. The molecule has 0 aliphatic carbocycles. The number of benzene rings is 3. The lowest BCUT2D eigenvalue weighted by Gasteiger charge is -2.38. The number of likely N-dealkylation sites (tertiary alicyclic amines) is 1. The number of hydrogen-bond acceptors (Lipinski definition) is 13. The molecule has 2 amide bonds. The second kappa shape index (κ2) is 17.0. The molecular formula is C41H44N4O13S. The van der Waals surface area contributed by atoms with E-state index >= 15 is 4.79 Å². The van der Waals surface area contributed by atoms with Crippen molar-refractivity contribution in [2.75, 3.05) is 20.3 Å². The molecule has 0 bridgehead atoms. The molecule has 3 heterocycles. The summed E-state index contributed by atoms with van der Waals surface area (Å²) in [7, 11) is -3.29. The summed E-state index contributed by atoms with van der Waals surface area (Å²) < 4.78 is 58.3. The second-order valence-electron chi connectivity index (χ2n) is 15.0. The van der Waals surface area contributed by atoms with E-state index in [1.807, 2.05) is 0 Å². The minimum absolute atomic E-state index is 0.000833. The van der Waals surface area contributed by atoms with Gasteiger partial charge in [0.1, 0.15) is 29.6 Å². The van der Waals surface area contributed by atoms with Gasteiger partial charge in [0.15, 0.2) is 4.90 Å². The molecule has 6 rings (SSSR count). The van der Waals surface area contributed by atoms with Crippen molar-refractivity contribution in [3.8, 4) is 5.75 Å². The van der Waals surface area contributed by atoms with Gasteiger partial charge in [-0.15, -0.1) is 0 Å². The van der Waals surface area contributed by atoms with Gasteiger partial charge in [-0.05, 0) is 56.2 Å². The fourth-order valence-electron chi connectivity index (χ4n) is 7.64. The molecule has 2 fully saturated rings. The maximum Gasteiger partial charge on any atom is 0.513 e. The number of rotatable bonds is 13. The highest BCUT2D eigenvalue weighted by Crippen LogP contribution is 2.54. The zero-order valence-corrected chi connectivity index (χ0v) is 33.7. The van der Waals surface area contributed by atoms with E-state index in [1.54, 1.807) is 81.4 Å². The molecule has 3 aromatic rings. The molecule has 17 nitrogen and oxygen atoms in total. The first-order valence-corrected chi connectivity index (χ1v) is 20.0. The Morgan fingerprint density at radius 1 is 1.05 bits per heavy atom. The summed E-state index contributed by atoms with van der Waals surface area (Å²) in [5.41, 5.74) is -2.61. The van der Waals surface area contributed by atoms with E-state index in [2.05, 4.69) is 5.32 Å². The first-order valence-electron chi connectivity index (χ1n) is 18.6. The topological polar surface area (TPSA) is 210 Å². The van der Waals surface area contributed by atoms with Gasteiger partial charge in [0.05, 0.1) is 42.4 Å². The lowest BCUT2D eigenvalue weighted by atomic mass is 9.81. The number of hydrogen-bond donors (Lipinski definition) is 1. The van der Waals surface area contributed by atoms with Crippen LogP contribution in [0.5, 0.6) is 5.75 Å². The zero-order chi connectivity index (χ0) is 42.7. The summed E-state index contributed by atoms with van der Waals surface area (Å²) in [4.78, 5) is 67.3. The third-order valence-electron chi connectivity index (χ3n) is 10.0. The van der Waals surface area contributed by atoms with Crippen molar-refractivity contribution >= 4 is 39.6 Å². The quantitative estimate of drug-likeness (QED) is 0.0823. The monoisotopic (exact) mass is 832 g/mol. The number of para-hydroxylation sites is 1. The lowest BCUT2D eigenvalue weighted by molar-refractivity contribution is -0.387. The van der Waals surface area contributed by atoms with Crippen LogP contribution in [-0.4, -0.2) is 96.1 Å². The Morgan fingerprint density at radius 3 is 2.37 bits per heavy atom. The summed E-state index contributed by atoms with van der Waals surface area (Å²) in [6.45, 7) is 5.29. The molecule has 0 aromatic heterocycles. The number of carbonyl (C=O) groups excluding carboxylic acids is 4. The molecule has 18 heteroatoms. The minimum atomic E-state index is -4.76. The van der Waals surface area contributed by atoms with Gasteiger partial charge in [-0.2, -0.15) is 4.31 Å². The van der Waals surface area contributed by atoms with E-state index in [4.69, 9.17) is 23.7 Å². The van der Waals surface area contributed by atoms with E-state index in [0.717, 1.165) is 22.7 Å². The fourth-order valence-corrected chi connectivity index (χ4v) is 9.39. The number of ether oxygens (including phenoxy) is 5. The van der Waals surface area contributed by atoms with Crippen LogP contribution in [0.2, 0.25) is 0 Å². The number of amides is 2. The summed E-state index contributed by atoms with van der Waals surface area (Å²) in [6.07, 6.45) is 2.86. The molecule has 6 atom stereocenters.